The Bertz CT molecular complexity index is 2030. The number of carbonyl (C=O) groups excluding carboxylic acids is 2. The van der Waals surface area contributed by atoms with Crippen LogP contribution >= 0.6 is 23.2 Å². The molecule has 0 aliphatic heterocycles. The third-order valence-electron chi connectivity index (χ3n) is 9.11. The summed E-state index contributed by atoms with van der Waals surface area (Å²) in [5.41, 5.74) is 7.32. The Morgan fingerprint density at radius 2 is 0.863 bits per heavy atom. The molecule has 0 saturated heterocycles. The molecule has 2 N–H and O–H groups in total. The second kappa shape index (κ2) is 14.4. The molecule has 2 amide bonds. The van der Waals surface area contributed by atoms with Crippen LogP contribution in [0.25, 0.3) is 11.1 Å². The molecule has 1 aliphatic rings. The molecule has 0 fully saturated rings. The highest BCUT2D eigenvalue weighted by atomic mass is 35.5. The minimum atomic E-state index is -0.725. The van der Waals surface area contributed by atoms with Crippen LogP contribution in [0.3, 0.4) is 0 Å². The smallest absolute Gasteiger partial charge is 0.265 e. The Kier molecular flexibility index (Phi) is 9.54. The summed E-state index contributed by atoms with van der Waals surface area (Å²) in [5.74, 6) is 0.581. The van der Waals surface area contributed by atoms with Gasteiger partial charge in [0, 0.05) is 21.4 Å². The molecule has 0 saturated carbocycles. The Balaban J connectivity index is 1.17. The van der Waals surface area contributed by atoms with E-state index in [0.717, 1.165) is 33.4 Å². The van der Waals surface area contributed by atoms with Gasteiger partial charge in [-0.1, -0.05) is 96.0 Å². The number of rotatable bonds is 10. The third kappa shape index (κ3) is 6.81. The number of nitrogens with one attached hydrogen (secondary N) is 2. The second-order valence-electron chi connectivity index (χ2n) is 12.4. The van der Waals surface area contributed by atoms with Gasteiger partial charge in [-0.05, 0) is 120 Å². The largest absolute Gasteiger partial charge is 0.481 e. The average molecular weight is 714 g/mol. The lowest BCUT2D eigenvalue weighted by Crippen LogP contribution is -2.31. The van der Waals surface area contributed by atoms with Gasteiger partial charge in [0.15, 0.2) is 12.2 Å². The van der Waals surface area contributed by atoms with Crippen molar-refractivity contribution in [3.63, 3.8) is 0 Å². The number of benzene rings is 6. The van der Waals surface area contributed by atoms with Crippen LogP contribution < -0.4 is 20.1 Å². The fourth-order valence-corrected chi connectivity index (χ4v) is 6.91. The highest BCUT2D eigenvalue weighted by Crippen LogP contribution is 2.56. The summed E-state index contributed by atoms with van der Waals surface area (Å²) in [4.78, 5) is 26.2. The summed E-state index contributed by atoms with van der Waals surface area (Å²) in [6, 6.07) is 46.6. The third-order valence-corrected chi connectivity index (χ3v) is 9.62. The van der Waals surface area contributed by atoms with Gasteiger partial charge in [-0.3, -0.25) is 9.59 Å². The zero-order valence-electron chi connectivity index (χ0n) is 27.9. The van der Waals surface area contributed by atoms with Gasteiger partial charge < -0.3 is 20.1 Å². The van der Waals surface area contributed by atoms with Crippen LogP contribution in [0.1, 0.15) is 36.1 Å². The lowest BCUT2D eigenvalue weighted by molar-refractivity contribution is -0.122. The Labute approximate surface area is 307 Å². The van der Waals surface area contributed by atoms with E-state index in [1.807, 2.05) is 24.3 Å². The zero-order valence-corrected chi connectivity index (χ0v) is 29.4. The minimum absolute atomic E-state index is 0.269. The summed E-state index contributed by atoms with van der Waals surface area (Å²) in [5, 5.41) is 7.17. The van der Waals surface area contributed by atoms with Crippen molar-refractivity contribution in [1.82, 2.24) is 0 Å². The number of hydrogen-bond donors (Lipinski definition) is 2. The van der Waals surface area contributed by atoms with E-state index in [-0.39, 0.29) is 11.8 Å². The fourth-order valence-electron chi connectivity index (χ4n) is 6.66. The van der Waals surface area contributed by atoms with Crippen molar-refractivity contribution in [2.45, 2.75) is 31.5 Å². The maximum Gasteiger partial charge on any atom is 0.265 e. The molecular weight excluding hydrogens is 679 g/mol. The van der Waals surface area contributed by atoms with Crippen molar-refractivity contribution in [2.75, 3.05) is 10.6 Å². The zero-order chi connectivity index (χ0) is 35.5. The van der Waals surface area contributed by atoms with Crippen molar-refractivity contribution in [2.24, 2.45) is 0 Å². The number of anilines is 2. The Morgan fingerprint density at radius 1 is 0.510 bits per heavy atom. The van der Waals surface area contributed by atoms with Gasteiger partial charge >= 0.3 is 0 Å². The second-order valence-corrected chi connectivity index (χ2v) is 13.3. The lowest BCUT2D eigenvalue weighted by Gasteiger charge is -2.34. The fraction of sp³-hybridized carbons (Fsp3) is 0.116. The number of ether oxygens (including phenoxy) is 2. The van der Waals surface area contributed by atoms with E-state index in [2.05, 4.69) is 83.4 Å². The van der Waals surface area contributed by atoms with E-state index in [9.17, 15) is 9.59 Å². The van der Waals surface area contributed by atoms with Gasteiger partial charge in [0.1, 0.15) is 11.5 Å². The molecule has 51 heavy (non-hydrogen) atoms. The molecule has 0 aromatic heterocycles. The SMILES string of the molecule is C[C@H](Oc1ccc(Cl)cc1)C(=O)Nc1ccc(C2(c3ccc(NC(=O)[C@@H](C)Oc4ccc(Cl)cc4)cc3)c3ccccc3-c3ccccc32)cc1. The molecule has 2 atom stereocenters. The number of carbonyl (C=O) groups is 2. The molecular formula is C43H34Cl2N2O4. The molecule has 0 unspecified atom stereocenters. The molecule has 1 aliphatic carbocycles. The van der Waals surface area contributed by atoms with Gasteiger partial charge in [-0.15, -0.1) is 0 Å². The number of hydrogen-bond acceptors (Lipinski definition) is 4. The van der Waals surface area contributed by atoms with Crippen LogP contribution in [0, 0.1) is 0 Å². The Hall–Kier alpha value is -5.56. The van der Waals surface area contributed by atoms with Crippen molar-refractivity contribution in [1.29, 1.82) is 0 Å². The molecule has 6 aromatic carbocycles. The highest BCUT2D eigenvalue weighted by Gasteiger charge is 2.45. The van der Waals surface area contributed by atoms with Gasteiger partial charge in [-0.25, -0.2) is 0 Å². The van der Waals surface area contributed by atoms with Crippen LogP contribution in [0.5, 0.6) is 11.5 Å². The molecule has 0 spiro atoms. The predicted octanol–water partition coefficient (Wildman–Crippen LogP) is 10.2. The van der Waals surface area contributed by atoms with Crippen molar-refractivity contribution in [3.05, 3.63) is 178 Å². The van der Waals surface area contributed by atoms with Crippen LogP contribution in [-0.4, -0.2) is 24.0 Å². The summed E-state index contributed by atoms with van der Waals surface area (Å²) < 4.78 is 11.7. The first kappa shape index (κ1) is 33.9. The quantitative estimate of drug-likeness (QED) is 0.148. The number of halogens is 2. The molecule has 7 rings (SSSR count). The van der Waals surface area contributed by atoms with Gasteiger partial charge in [-0.2, -0.15) is 0 Å². The minimum Gasteiger partial charge on any atom is -0.481 e. The molecule has 0 bridgehead atoms. The van der Waals surface area contributed by atoms with Gasteiger partial charge in [0.05, 0.1) is 5.41 Å². The van der Waals surface area contributed by atoms with Crippen LogP contribution in [0.15, 0.2) is 146 Å². The van der Waals surface area contributed by atoms with E-state index >= 15 is 0 Å². The Morgan fingerprint density at radius 3 is 1.24 bits per heavy atom. The number of amides is 2. The van der Waals surface area contributed by atoms with E-state index < -0.39 is 17.6 Å². The van der Waals surface area contributed by atoms with E-state index in [1.54, 1.807) is 62.4 Å². The van der Waals surface area contributed by atoms with Crippen molar-refractivity contribution in [3.8, 4) is 22.6 Å². The topological polar surface area (TPSA) is 76.7 Å². The molecule has 0 heterocycles. The summed E-state index contributed by atoms with van der Waals surface area (Å²) in [6.07, 6.45) is -1.45. The molecule has 0 radical (unpaired) electrons. The monoisotopic (exact) mass is 712 g/mol. The molecule has 254 valence electrons. The van der Waals surface area contributed by atoms with Gasteiger partial charge in [0.2, 0.25) is 0 Å². The maximum atomic E-state index is 13.1. The van der Waals surface area contributed by atoms with Crippen LogP contribution in [-0.2, 0) is 15.0 Å². The summed E-state index contributed by atoms with van der Waals surface area (Å²) >= 11 is 12.0. The predicted molar refractivity (Wildman–Crippen MR) is 204 cm³/mol. The first-order valence-electron chi connectivity index (χ1n) is 16.6. The standard InChI is InChI=1S/C43H34Cl2N2O4/c1-27(50-35-23-15-31(44)16-24-35)41(48)46-33-19-11-29(12-20-33)43(39-9-5-3-7-37(39)38-8-4-6-10-40(38)43)30-13-21-34(22-14-30)47-42(49)28(2)51-36-25-17-32(45)18-26-36/h3-28H,1-2H3,(H,46,48)(H,47,49)/t27-,28+. The van der Waals surface area contributed by atoms with Crippen LogP contribution in [0.4, 0.5) is 11.4 Å². The highest BCUT2D eigenvalue weighted by molar-refractivity contribution is 6.30. The molecule has 8 heteroatoms. The first-order chi connectivity index (χ1) is 24.7. The van der Waals surface area contributed by atoms with E-state index in [1.165, 1.54) is 0 Å². The van der Waals surface area contributed by atoms with Crippen molar-refractivity contribution >= 4 is 46.4 Å². The van der Waals surface area contributed by atoms with E-state index in [4.69, 9.17) is 32.7 Å². The summed E-state index contributed by atoms with van der Waals surface area (Å²) in [7, 11) is 0. The normalized spacial score (nSPS) is 13.6. The maximum absolute atomic E-state index is 13.1. The van der Waals surface area contributed by atoms with Crippen molar-refractivity contribution < 1.29 is 19.1 Å². The molecule has 6 nitrogen and oxygen atoms in total. The lowest BCUT2D eigenvalue weighted by atomic mass is 9.67. The average Bonchev–Trinajstić information content (AvgIpc) is 3.45. The summed E-state index contributed by atoms with van der Waals surface area (Å²) in [6.45, 7) is 3.41. The van der Waals surface area contributed by atoms with Gasteiger partial charge in [0.25, 0.3) is 11.8 Å². The first-order valence-corrected chi connectivity index (χ1v) is 17.3. The van der Waals surface area contributed by atoms with Crippen LogP contribution in [0.2, 0.25) is 10.0 Å². The molecule has 6 aromatic rings. The number of fused-ring (bicyclic) bond motifs is 3. The van der Waals surface area contributed by atoms with E-state index in [0.29, 0.717) is 32.9 Å².